The number of nitrogens with zero attached hydrogens (tertiary/aromatic N) is 1. The summed E-state index contributed by atoms with van der Waals surface area (Å²) in [6, 6.07) is 7.87. The summed E-state index contributed by atoms with van der Waals surface area (Å²) in [4.78, 5) is 0. The third-order valence-corrected chi connectivity index (χ3v) is 3.57. The highest BCUT2D eigenvalue weighted by atomic mass is 79.9. The van der Waals surface area contributed by atoms with Crippen molar-refractivity contribution in [1.29, 1.82) is 0 Å². The highest BCUT2D eigenvalue weighted by molar-refractivity contribution is 9.10. The van der Waals surface area contributed by atoms with Gasteiger partial charge >= 0.3 is 0 Å². The first-order chi connectivity index (χ1) is 8.74. The van der Waals surface area contributed by atoms with E-state index in [0.717, 1.165) is 23.0 Å². The molecule has 0 radical (unpaired) electrons. The van der Waals surface area contributed by atoms with Crippen LogP contribution in [0.2, 0.25) is 0 Å². The largest absolute Gasteiger partial charge is 0.331 e. The molecule has 0 heterocycles. The first-order valence-electron chi connectivity index (χ1n) is 6.12. The van der Waals surface area contributed by atoms with E-state index in [-0.39, 0.29) is 0 Å². The van der Waals surface area contributed by atoms with Crippen LogP contribution in [0, 0.1) is 0 Å². The summed E-state index contributed by atoms with van der Waals surface area (Å²) >= 11 is 8.59. The predicted molar refractivity (Wildman–Crippen MR) is 84.0 cm³/mol. The molecule has 0 amide bonds. The number of rotatable bonds is 2. The van der Waals surface area contributed by atoms with E-state index in [4.69, 9.17) is 12.2 Å². The monoisotopic (exact) mass is 325 g/mol. The molecule has 1 saturated carbocycles. The molecule has 3 nitrogen and oxygen atoms in total. The SMILES string of the molecule is S=C(NN=C1CCCCC1)Nc1ccc(Br)cc1. The number of thiocarbonyl (C=S) groups is 1. The number of halogens is 1. The van der Waals surface area contributed by atoms with Crippen molar-refractivity contribution in [3.63, 3.8) is 0 Å². The Balaban J connectivity index is 1.83. The average Bonchev–Trinajstić information content (AvgIpc) is 2.40. The summed E-state index contributed by atoms with van der Waals surface area (Å²) in [5.41, 5.74) is 5.09. The Morgan fingerprint density at radius 2 is 1.78 bits per heavy atom. The second-order valence-electron chi connectivity index (χ2n) is 4.31. The van der Waals surface area contributed by atoms with E-state index in [2.05, 4.69) is 31.8 Å². The molecule has 0 aliphatic heterocycles. The van der Waals surface area contributed by atoms with Gasteiger partial charge < -0.3 is 5.32 Å². The van der Waals surface area contributed by atoms with Gasteiger partial charge in [-0.3, -0.25) is 5.43 Å². The van der Waals surface area contributed by atoms with Crippen LogP contribution in [0.3, 0.4) is 0 Å². The van der Waals surface area contributed by atoms with Gasteiger partial charge in [0.15, 0.2) is 5.11 Å². The molecule has 2 rings (SSSR count). The van der Waals surface area contributed by atoms with Crippen molar-refractivity contribution in [2.24, 2.45) is 5.10 Å². The normalized spacial score (nSPS) is 15.1. The van der Waals surface area contributed by atoms with Gasteiger partial charge in [-0.25, -0.2) is 0 Å². The van der Waals surface area contributed by atoms with Gasteiger partial charge in [0.05, 0.1) is 0 Å². The highest BCUT2D eigenvalue weighted by Gasteiger charge is 2.06. The third kappa shape index (κ3) is 4.38. The molecule has 0 bridgehead atoms. The minimum atomic E-state index is 0.537. The maximum absolute atomic E-state index is 5.20. The second kappa shape index (κ2) is 6.85. The van der Waals surface area contributed by atoms with Gasteiger partial charge in [-0.15, -0.1) is 0 Å². The molecular weight excluding hydrogens is 310 g/mol. The van der Waals surface area contributed by atoms with Gasteiger partial charge in [-0.1, -0.05) is 22.4 Å². The topological polar surface area (TPSA) is 36.4 Å². The van der Waals surface area contributed by atoms with Crippen molar-refractivity contribution in [3.05, 3.63) is 28.7 Å². The fraction of sp³-hybridized carbons (Fsp3) is 0.385. The van der Waals surface area contributed by atoms with E-state index in [9.17, 15) is 0 Å². The summed E-state index contributed by atoms with van der Waals surface area (Å²) in [6.45, 7) is 0. The average molecular weight is 326 g/mol. The number of hydrazone groups is 1. The molecule has 1 aliphatic rings. The first kappa shape index (κ1) is 13.5. The number of hydrogen-bond donors (Lipinski definition) is 2. The van der Waals surface area contributed by atoms with E-state index < -0.39 is 0 Å². The lowest BCUT2D eigenvalue weighted by atomic mass is 9.99. The Labute approximate surface area is 121 Å². The molecule has 18 heavy (non-hydrogen) atoms. The summed E-state index contributed by atoms with van der Waals surface area (Å²) in [6.07, 6.45) is 5.99. The van der Waals surface area contributed by atoms with E-state index in [1.165, 1.54) is 25.0 Å². The lowest BCUT2D eigenvalue weighted by Gasteiger charge is -2.13. The third-order valence-electron chi connectivity index (χ3n) is 2.85. The molecule has 1 aliphatic carbocycles. The fourth-order valence-electron chi connectivity index (χ4n) is 1.89. The number of anilines is 1. The van der Waals surface area contributed by atoms with E-state index in [0.29, 0.717) is 5.11 Å². The molecule has 0 atom stereocenters. The van der Waals surface area contributed by atoms with Crippen molar-refractivity contribution >= 4 is 44.7 Å². The molecule has 1 aromatic carbocycles. The van der Waals surface area contributed by atoms with Crippen molar-refractivity contribution < 1.29 is 0 Å². The van der Waals surface area contributed by atoms with Crippen LogP contribution in [0.5, 0.6) is 0 Å². The van der Waals surface area contributed by atoms with Gasteiger partial charge in [0.1, 0.15) is 0 Å². The van der Waals surface area contributed by atoms with Crippen molar-refractivity contribution in [2.75, 3.05) is 5.32 Å². The van der Waals surface area contributed by atoms with Gasteiger partial charge in [0, 0.05) is 15.9 Å². The zero-order valence-corrected chi connectivity index (χ0v) is 12.5. The minimum Gasteiger partial charge on any atom is -0.331 e. The fourth-order valence-corrected chi connectivity index (χ4v) is 2.32. The number of hydrogen-bond acceptors (Lipinski definition) is 2. The Morgan fingerprint density at radius 3 is 2.44 bits per heavy atom. The molecule has 0 unspecified atom stereocenters. The van der Waals surface area contributed by atoms with Crippen LogP contribution in [0.15, 0.2) is 33.8 Å². The lowest BCUT2D eigenvalue weighted by Crippen LogP contribution is -2.25. The second-order valence-corrected chi connectivity index (χ2v) is 5.64. The summed E-state index contributed by atoms with van der Waals surface area (Å²) in [5, 5.41) is 7.99. The van der Waals surface area contributed by atoms with Crippen LogP contribution in [0.4, 0.5) is 5.69 Å². The molecule has 0 aromatic heterocycles. The number of nitrogens with one attached hydrogen (secondary N) is 2. The summed E-state index contributed by atoms with van der Waals surface area (Å²) in [5.74, 6) is 0. The Hall–Kier alpha value is -0.940. The zero-order valence-electron chi connectivity index (χ0n) is 10.1. The van der Waals surface area contributed by atoms with Crippen LogP contribution < -0.4 is 10.7 Å². The first-order valence-corrected chi connectivity index (χ1v) is 7.32. The van der Waals surface area contributed by atoms with Gasteiger partial charge in [0.2, 0.25) is 0 Å². The van der Waals surface area contributed by atoms with Crippen LogP contribution in [0.1, 0.15) is 32.1 Å². The smallest absolute Gasteiger partial charge is 0.191 e. The minimum absolute atomic E-state index is 0.537. The Kier molecular flexibility index (Phi) is 5.13. The number of benzene rings is 1. The van der Waals surface area contributed by atoms with Crippen molar-refractivity contribution in [2.45, 2.75) is 32.1 Å². The van der Waals surface area contributed by atoms with Crippen molar-refractivity contribution in [3.8, 4) is 0 Å². The molecule has 5 heteroatoms. The van der Waals surface area contributed by atoms with Crippen LogP contribution >= 0.6 is 28.1 Å². The molecule has 0 saturated heterocycles. The maximum atomic E-state index is 5.20. The van der Waals surface area contributed by atoms with E-state index in [1.807, 2.05) is 24.3 Å². The summed E-state index contributed by atoms with van der Waals surface area (Å²) in [7, 11) is 0. The Bertz CT molecular complexity index is 434. The van der Waals surface area contributed by atoms with E-state index in [1.54, 1.807) is 0 Å². The maximum Gasteiger partial charge on any atom is 0.191 e. The van der Waals surface area contributed by atoms with Crippen molar-refractivity contribution in [1.82, 2.24) is 5.43 Å². The molecule has 2 N–H and O–H groups in total. The Morgan fingerprint density at radius 1 is 1.11 bits per heavy atom. The van der Waals surface area contributed by atoms with Crippen LogP contribution in [-0.2, 0) is 0 Å². The summed E-state index contributed by atoms with van der Waals surface area (Å²) < 4.78 is 1.05. The standard InChI is InChI=1S/C13H16BrN3S/c14-10-6-8-11(9-7-10)15-13(18)17-16-12-4-2-1-3-5-12/h6-9H,1-5H2,(H2,15,17,18). The molecule has 1 aromatic rings. The molecular formula is C13H16BrN3S. The quantitative estimate of drug-likeness (QED) is 0.636. The van der Waals surface area contributed by atoms with Gasteiger partial charge in [0.25, 0.3) is 0 Å². The predicted octanol–water partition coefficient (Wildman–Crippen LogP) is 4.06. The molecule has 1 fully saturated rings. The zero-order chi connectivity index (χ0) is 12.8. The molecule has 96 valence electrons. The highest BCUT2D eigenvalue weighted by Crippen LogP contribution is 2.15. The van der Waals surface area contributed by atoms with Crippen LogP contribution in [0.25, 0.3) is 0 Å². The van der Waals surface area contributed by atoms with Gasteiger partial charge in [-0.2, -0.15) is 5.10 Å². The van der Waals surface area contributed by atoms with Crippen LogP contribution in [-0.4, -0.2) is 10.8 Å². The van der Waals surface area contributed by atoms with E-state index >= 15 is 0 Å². The van der Waals surface area contributed by atoms with Gasteiger partial charge in [-0.05, 0) is 62.2 Å². The lowest BCUT2D eigenvalue weighted by molar-refractivity contribution is 0.661. The molecule has 0 spiro atoms.